The van der Waals surface area contributed by atoms with Crippen molar-refractivity contribution >= 4 is 5.78 Å². The number of benzene rings is 2. The van der Waals surface area contributed by atoms with E-state index in [2.05, 4.69) is 6.92 Å². The maximum atomic E-state index is 12.4. The molecule has 3 heteroatoms. The minimum absolute atomic E-state index is 0.0477. The number of hydrogen-bond acceptors (Lipinski definition) is 3. The predicted molar refractivity (Wildman–Crippen MR) is 84.4 cm³/mol. The number of ketones is 1. The summed E-state index contributed by atoms with van der Waals surface area (Å²) in [7, 11) is 0. The Morgan fingerprint density at radius 3 is 2.18 bits per heavy atom. The predicted octanol–water partition coefficient (Wildman–Crippen LogP) is 4.26. The minimum Gasteiger partial charge on any atom is -0.459 e. The number of ether oxygens (including phenoxy) is 2. The second-order valence-corrected chi connectivity index (χ2v) is 5.43. The topological polar surface area (TPSA) is 35.5 Å². The molecule has 0 spiro atoms. The fourth-order valence-corrected chi connectivity index (χ4v) is 2.53. The van der Waals surface area contributed by atoms with E-state index in [9.17, 15) is 4.79 Å². The van der Waals surface area contributed by atoms with Gasteiger partial charge in [-0.25, -0.2) is 0 Å². The van der Waals surface area contributed by atoms with Gasteiger partial charge in [-0.3, -0.25) is 4.79 Å². The molecule has 0 radical (unpaired) electrons. The molecule has 1 aliphatic heterocycles. The summed E-state index contributed by atoms with van der Waals surface area (Å²) < 4.78 is 10.6. The van der Waals surface area contributed by atoms with E-state index in [0.29, 0.717) is 17.0 Å². The fraction of sp³-hybridized carbons (Fsp3) is 0.211. The Balaban J connectivity index is 1.68. The Morgan fingerprint density at radius 1 is 0.955 bits per heavy atom. The molecule has 3 nitrogen and oxygen atoms in total. The van der Waals surface area contributed by atoms with Crippen LogP contribution in [0.1, 0.15) is 40.7 Å². The molecule has 0 fully saturated rings. The van der Waals surface area contributed by atoms with Crippen molar-refractivity contribution in [2.24, 2.45) is 0 Å². The first kappa shape index (κ1) is 14.4. The van der Waals surface area contributed by atoms with Gasteiger partial charge in [0.05, 0.1) is 0 Å². The van der Waals surface area contributed by atoms with Crippen molar-refractivity contribution in [3.63, 3.8) is 0 Å². The van der Waals surface area contributed by atoms with Gasteiger partial charge < -0.3 is 9.47 Å². The van der Waals surface area contributed by atoms with Crippen molar-refractivity contribution in [1.82, 2.24) is 0 Å². The maximum absolute atomic E-state index is 12.4. The van der Waals surface area contributed by atoms with Gasteiger partial charge in [-0.2, -0.15) is 0 Å². The van der Waals surface area contributed by atoms with Gasteiger partial charge in [0.15, 0.2) is 5.78 Å². The van der Waals surface area contributed by atoms with Gasteiger partial charge in [-0.05, 0) is 11.5 Å². The Morgan fingerprint density at radius 2 is 1.55 bits per heavy atom. The highest BCUT2D eigenvalue weighted by Crippen LogP contribution is 2.25. The Labute approximate surface area is 130 Å². The van der Waals surface area contributed by atoms with Crippen LogP contribution in [0.15, 0.2) is 67.1 Å². The third-order valence-electron chi connectivity index (χ3n) is 3.84. The lowest BCUT2D eigenvalue weighted by Crippen LogP contribution is -2.11. The molecule has 1 unspecified atom stereocenters. The highest BCUT2D eigenvalue weighted by molar-refractivity contribution is 6.08. The average Bonchev–Trinajstić information content (AvgIpc) is 3.08. The summed E-state index contributed by atoms with van der Waals surface area (Å²) in [5.41, 5.74) is 2.59. The van der Waals surface area contributed by atoms with Crippen molar-refractivity contribution < 1.29 is 14.3 Å². The second kappa shape index (κ2) is 6.48. The van der Waals surface area contributed by atoms with Crippen molar-refractivity contribution in [3.05, 3.63) is 83.8 Å². The molecule has 2 aromatic rings. The monoisotopic (exact) mass is 294 g/mol. The summed E-state index contributed by atoms with van der Waals surface area (Å²) in [6.07, 6.45) is 3.71. The summed E-state index contributed by atoms with van der Waals surface area (Å²) in [4.78, 5) is 12.4. The highest BCUT2D eigenvalue weighted by Gasteiger charge is 2.18. The lowest BCUT2D eigenvalue weighted by molar-refractivity contribution is -0.0317. The van der Waals surface area contributed by atoms with Crippen molar-refractivity contribution in [2.45, 2.75) is 25.6 Å². The largest absolute Gasteiger partial charge is 0.459 e. The molecule has 1 aliphatic rings. The summed E-state index contributed by atoms with van der Waals surface area (Å²) in [6, 6.07) is 17.1. The van der Waals surface area contributed by atoms with E-state index in [1.807, 2.05) is 54.6 Å². The SMILES string of the molecule is CC(CC1OC=CO1)c1ccc(C(=O)c2ccccc2)cc1. The molecular weight excluding hydrogens is 276 g/mol. The van der Waals surface area contributed by atoms with Gasteiger partial charge in [-0.1, -0.05) is 61.5 Å². The van der Waals surface area contributed by atoms with E-state index < -0.39 is 0 Å². The summed E-state index contributed by atoms with van der Waals surface area (Å²) >= 11 is 0. The van der Waals surface area contributed by atoms with E-state index in [4.69, 9.17) is 9.47 Å². The van der Waals surface area contributed by atoms with Crippen molar-refractivity contribution in [1.29, 1.82) is 0 Å². The smallest absolute Gasteiger partial charge is 0.240 e. The highest BCUT2D eigenvalue weighted by atomic mass is 16.7. The van der Waals surface area contributed by atoms with E-state index in [-0.39, 0.29) is 12.1 Å². The van der Waals surface area contributed by atoms with E-state index >= 15 is 0 Å². The Hall–Kier alpha value is -2.55. The zero-order valence-electron chi connectivity index (χ0n) is 12.4. The first-order valence-electron chi connectivity index (χ1n) is 7.39. The Kier molecular flexibility index (Phi) is 4.24. The molecule has 1 atom stereocenters. The van der Waals surface area contributed by atoms with E-state index in [1.165, 1.54) is 5.56 Å². The van der Waals surface area contributed by atoms with Crippen LogP contribution >= 0.6 is 0 Å². The molecule has 0 aliphatic carbocycles. The second-order valence-electron chi connectivity index (χ2n) is 5.43. The molecule has 0 bridgehead atoms. The molecule has 0 saturated heterocycles. The summed E-state index contributed by atoms with van der Waals surface area (Å²) in [5.74, 6) is 0.345. The van der Waals surface area contributed by atoms with Crippen LogP contribution in [0.3, 0.4) is 0 Å². The maximum Gasteiger partial charge on any atom is 0.240 e. The third kappa shape index (κ3) is 3.19. The van der Waals surface area contributed by atoms with Gasteiger partial charge in [0.2, 0.25) is 6.29 Å². The number of hydrogen-bond donors (Lipinski definition) is 0. The quantitative estimate of drug-likeness (QED) is 0.773. The standard InChI is InChI=1S/C19H18O3/c1-14(13-18-21-11-12-22-18)15-7-9-17(10-8-15)19(20)16-5-3-2-4-6-16/h2-12,14,18H,13H2,1H3. The molecule has 3 rings (SSSR count). The summed E-state index contributed by atoms with van der Waals surface area (Å²) in [6.45, 7) is 2.12. The first-order valence-corrected chi connectivity index (χ1v) is 7.39. The van der Waals surface area contributed by atoms with E-state index in [0.717, 1.165) is 6.42 Å². The lowest BCUT2D eigenvalue weighted by Gasteiger charge is -2.16. The number of carbonyl (C=O) groups is 1. The van der Waals surface area contributed by atoms with Gasteiger partial charge in [0, 0.05) is 17.5 Å². The number of carbonyl (C=O) groups excluding carboxylic acids is 1. The van der Waals surface area contributed by atoms with Crippen LogP contribution in [0.25, 0.3) is 0 Å². The van der Waals surface area contributed by atoms with E-state index in [1.54, 1.807) is 12.5 Å². The molecule has 112 valence electrons. The van der Waals surface area contributed by atoms with Crippen LogP contribution in [0.4, 0.5) is 0 Å². The van der Waals surface area contributed by atoms with Crippen molar-refractivity contribution in [2.75, 3.05) is 0 Å². The van der Waals surface area contributed by atoms with Gasteiger partial charge in [0.1, 0.15) is 12.5 Å². The fourth-order valence-electron chi connectivity index (χ4n) is 2.53. The minimum atomic E-state index is -0.208. The first-order chi connectivity index (χ1) is 10.7. The molecule has 2 aromatic carbocycles. The summed E-state index contributed by atoms with van der Waals surface area (Å²) in [5, 5.41) is 0. The van der Waals surface area contributed by atoms with Crippen LogP contribution < -0.4 is 0 Å². The molecule has 0 aromatic heterocycles. The number of rotatable bonds is 5. The zero-order valence-corrected chi connectivity index (χ0v) is 12.4. The lowest BCUT2D eigenvalue weighted by atomic mass is 9.95. The third-order valence-corrected chi connectivity index (χ3v) is 3.84. The Bertz CT molecular complexity index is 651. The van der Waals surface area contributed by atoms with Crippen LogP contribution in [-0.2, 0) is 9.47 Å². The van der Waals surface area contributed by atoms with Crippen LogP contribution in [0, 0.1) is 0 Å². The molecule has 1 heterocycles. The molecule has 22 heavy (non-hydrogen) atoms. The molecule has 0 amide bonds. The van der Waals surface area contributed by atoms with Gasteiger partial charge in [0.25, 0.3) is 0 Å². The van der Waals surface area contributed by atoms with Crippen LogP contribution in [0.2, 0.25) is 0 Å². The molecule has 0 saturated carbocycles. The average molecular weight is 294 g/mol. The van der Waals surface area contributed by atoms with Gasteiger partial charge in [-0.15, -0.1) is 0 Å². The zero-order chi connectivity index (χ0) is 15.4. The molecular formula is C19H18O3. The van der Waals surface area contributed by atoms with Crippen molar-refractivity contribution in [3.8, 4) is 0 Å². The normalized spacial score (nSPS) is 15.1. The van der Waals surface area contributed by atoms with Crippen LogP contribution in [-0.4, -0.2) is 12.1 Å². The molecule has 0 N–H and O–H groups in total. The van der Waals surface area contributed by atoms with Gasteiger partial charge >= 0.3 is 0 Å². The van der Waals surface area contributed by atoms with Crippen LogP contribution in [0.5, 0.6) is 0 Å².